The quantitative estimate of drug-likeness (QED) is 0.795. The minimum atomic E-state index is -0.679. The van der Waals surface area contributed by atoms with E-state index in [2.05, 4.69) is 0 Å². The van der Waals surface area contributed by atoms with Gasteiger partial charge in [0.05, 0.1) is 12.1 Å². The zero-order valence-corrected chi connectivity index (χ0v) is 11.7. The van der Waals surface area contributed by atoms with Gasteiger partial charge in [0.2, 0.25) is 0 Å². The maximum atomic E-state index is 12.6. The average Bonchev–Trinajstić information content (AvgIpc) is 2.60. The Morgan fingerprint density at radius 2 is 1.67 bits per heavy atom. The molecule has 0 unspecified atom stereocenters. The molecule has 0 spiro atoms. The van der Waals surface area contributed by atoms with Gasteiger partial charge in [-0.1, -0.05) is 42.5 Å². The van der Waals surface area contributed by atoms with E-state index >= 15 is 0 Å². The molecule has 2 aromatic carbocycles. The van der Waals surface area contributed by atoms with Gasteiger partial charge in [-0.3, -0.25) is 14.5 Å². The van der Waals surface area contributed by atoms with Crippen molar-refractivity contribution in [1.29, 1.82) is 0 Å². The van der Waals surface area contributed by atoms with Crippen LogP contribution in [0, 0.1) is 0 Å². The van der Waals surface area contributed by atoms with Gasteiger partial charge in [-0.05, 0) is 24.6 Å². The molecule has 1 atom stereocenters. The van der Waals surface area contributed by atoms with Crippen molar-refractivity contribution >= 4 is 11.8 Å². The highest BCUT2D eigenvalue weighted by Crippen LogP contribution is 2.26. The van der Waals surface area contributed by atoms with Gasteiger partial charge in [0.25, 0.3) is 11.8 Å². The summed E-state index contributed by atoms with van der Waals surface area (Å²) >= 11 is 0. The molecule has 0 N–H and O–H groups in total. The zero-order valence-electron chi connectivity index (χ0n) is 11.7. The van der Waals surface area contributed by atoms with Gasteiger partial charge in [-0.15, -0.1) is 0 Å². The van der Waals surface area contributed by atoms with Crippen molar-refractivity contribution in [3.63, 3.8) is 0 Å². The lowest BCUT2D eigenvalue weighted by Gasteiger charge is -2.20. The first kappa shape index (κ1) is 13.4. The Balaban J connectivity index is 1.99. The number of imide groups is 1. The maximum Gasteiger partial charge on any atom is 0.270 e. The van der Waals surface area contributed by atoms with Crippen LogP contribution in [-0.2, 0) is 11.3 Å². The minimum Gasteiger partial charge on any atom is -0.480 e. The normalized spacial score (nSPS) is 18.0. The molecule has 0 fully saturated rings. The molecule has 0 saturated carbocycles. The molecule has 106 valence electrons. The molecular formula is C17H15NO3. The first-order chi connectivity index (χ1) is 10.2. The topological polar surface area (TPSA) is 46.6 Å². The number of hydrogen-bond donors (Lipinski definition) is 0. The Morgan fingerprint density at radius 3 is 2.43 bits per heavy atom. The number of ether oxygens (including phenoxy) is 1. The first-order valence-corrected chi connectivity index (χ1v) is 6.82. The van der Waals surface area contributed by atoms with Gasteiger partial charge >= 0.3 is 0 Å². The fourth-order valence-electron chi connectivity index (χ4n) is 2.37. The van der Waals surface area contributed by atoms with Crippen LogP contribution in [0.3, 0.4) is 0 Å². The molecule has 21 heavy (non-hydrogen) atoms. The van der Waals surface area contributed by atoms with E-state index in [4.69, 9.17) is 4.74 Å². The molecule has 1 aliphatic heterocycles. The maximum absolute atomic E-state index is 12.6. The van der Waals surface area contributed by atoms with Crippen LogP contribution in [-0.4, -0.2) is 22.8 Å². The predicted octanol–water partition coefficient (Wildman–Crippen LogP) is 2.64. The van der Waals surface area contributed by atoms with Crippen molar-refractivity contribution in [2.24, 2.45) is 0 Å². The first-order valence-electron chi connectivity index (χ1n) is 6.82. The highest BCUT2D eigenvalue weighted by atomic mass is 16.5. The third kappa shape index (κ3) is 2.52. The van der Waals surface area contributed by atoms with Crippen LogP contribution in [0.25, 0.3) is 0 Å². The molecule has 1 heterocycles. The number of carbonyl (C=O) groups excluding carboxylic acids is 2. The van der Waals surface area contributed by atoms with E-state index in [0.29, 0.717) is 11.3 Å². The van der Waals surface area contributed by atoms with Crippen molar-refractivity contribution in [2.75, 3.05) is 0 Å². The average molecular weight is 281 g/mol. The summed E-state index contributed by atoms with van der Waals surface area (Å²) in [5.41, 5.74) is 1.33. The molecule has 1 aliphatic rings. The lowest BCUT2D eigenvalue weighted by Crippen LogP contribution is -2.41. The second-order valence-corrected chi connectivity index (χ2v) is 4.97. The van der Waals surface area contributed by atoms with Crippen LogP contribution in [0.1, 0.15) is 22.8 Å². The standard InChI is InChI=1S/C17H15NO3/c1-12-16(19)18(11-13-7-3-2-4-8-13)17(20)14-9-5-6-10-15(14)21-12/h2-10,12H,11H2,1H3/t12-/m1/s1. The van der Waals surface area contributed by atoms with E-state index in [0.717, 1.165) is 5.56 Å². The highest BCUT2D eigenvalue weighted by Gasteiger charge is 2.33. The highest BCUT2D eigenvalue weighted by molar-refractivity contribution is 6.08. The lowest BCUT2D eigenvalue weighted by atomic mass is 10.1. The molecule has 3 rings (SSSR count). The van der Waals surface area contributed by atoms with Gasteiger partial charge in [0.1, 0.15) is 5.75 Å². The van der Waals surface area contributed by atoms with Crippen LogP contribution < -0.4 is 4.74 Å². The van der Waals surface area contributed by atoms with E-state index < -0.39 is 6.10 Å². The fraction of sp³-hybridized carbons (Fsp3) is 0.176. The Bertz CT molecular complexity index is 681. The molecule has 4 heteroatoms. The van der Waals surface area contributed by atoms with Crippen LogP contribution >= 0.6 is 0 Å². The van der Waals surface area contributed by atoms with Crippen molar-refractivity contribution in [3.8, 4) is 5.75 Å². The number of carbonyl (C=O) groups is 2. The Hall–Kier alpha value is -2.62. The molecule has 2 aromatic rings. The monoisotopic (exact) mass is 281 g/mol. The lowest BCUT2D eigenvalue weighted by molar-refractivity contribution is -0.135. The van der Waals surface area contributed by atoms with Gasteiger partial charge in [0, 0.05) is 0 Å². The molecular weight excluding hydrogens is 266 g/mol. The Kier molecular flexibility index (Phi) is 3.44. The Labute approximate surface area is 123 Å². The smallest absolute Gasteiger partial charge is 0.270 e. The molecule has 0 aromatic heterocycles. The summed E-state index contributed by atoms with van der Waals surface area (Å²) in [6.45, 7) is 1.91. The summed E-state index contributed by atoms with van der Waals surface area (Å²) in [5, 5.41) is 0. The van der Waals surface area contributed by atoms with Gasteiger partial charge in [-0.25, -0.2) is 0 Å². The molecule has 0 saturated heterocycles. The van der Waals surface area contributed by atoms with Crippen LogP contribution in [0.15, 0.2) is 54.6 Å². The number of rotatable bonds is 2. The van der Waals surface area contributed by atoms with Crippen LogP contribution in [0.4, 0.5) is 0 Å². The summed E-state index contributed by atoms with van der Waals surface area (Å²) in [6, 6.07) is 16.4. The van der Waals surface area contributed by atoms with Crippen LogP contribution in [0.5, 0.6) is 5.75 Å². The SMILES string of the molecule is C[C@H]1Oc2ccccc2C(=O)N(Cc2ccccc2)C1=O. The summed E-state index contributed by atoms with van der Waals surface area (Å²) < 4.78 is 5.60. The van der Waals surface area contributed by atoms with E-state index in [9.17, 15) is 9.59 Å². The molecule has 0 bridgehead atoms. The fourth-order valence-corrected chi connectivity index (χ4v) is 2.37. The Morgan fingerprint density at radius 1 is 1.00 bits per heavy atom. The van der Waals surface area contributed by atoms with E-state index in [1.165, 1.54) is 4.90 Å². The van der Waals surface area contributed by atoms with E-state index in [-0.39, 0.29) is 18.4 Å². The number of nitrogens with zero attached hydrogens (tertiary/aromatic N) is 1. The molecule has 2 amide bonds. The molecule has 4 nitrogen and oxygen atoms in total. The second kappa shape index (κ2) is 5.40. The summed E-state index contributed by atoms with van der Waals surface area (Å²) in [4.78, 5) is 26.3. The number of benzene rings is 2. The van der Waals surface area contributed by atoms with Crippen molar-refractivity contribution < 1.29 is 14.3 Å². The van der Waals surface area contributed by atoms with Gasteiger partial charge < -0.3 is 4.74 Å². The van der Waals surface area contributed by atoms with Crippen molar-refractivity contribution in [3.05, 3.63) is 65.7 Å². The summed E-state index contributed by atoms with van der Waals surface area (Å²) in [5.74, 6) is -0.178. The van der Waals surface area contributed by atoms with Gasteiger partial charge in [-0.2, -0.15) is 0 Å². The van der Waals surface area contributed by atoms with Crippen molar-refractivity contribution in [2.45, 2.75) is 19.6 Å². The van der Waals surface area contributed by atoms with Gasteiger partial charge in [0.15, 0.2) is 6.10 Å². The van der Waals surface area contributed by atoms with Crippen molar-refractivity contribution in [1.82, 2.24) is 4.90 Å². The largest absolute Gasteiger partial charge is 0.480 e. The number of amides is 2. The molecule has 0 radical (unpaired) electrons. The van der Waals surface area contributed by atoms with Crippen LogP contribution in [0.2, 0.25) is 0 Å². The predicted molar refractivity (Wildman–Crippen MR) is 77.9 cm³/mol. The number of hydrogen-bond acceptors (Lipinski definition) is 3. The number of para-hydroxylation sites is 1. The summed E-state index contributed by atoms with van der Waals surface area (Å²) in [7, 11) is 0. The zero-order chi connectivity index (χ0) is 14.8. The third-order valence-corrected chi connectivity index (χ3v) is 3.46. The second-order valence-electron chi connectivity index (χ2n) is 4.97. The summed E-state index contributed by atoms with van der Waals surface area (Å²) in [6.07, 6.45) is -0.679. The van der Waals surface area contributed by atoms with E-state index in [1.807, 2.05) is 30.3 Å². The molecule has 0 aliphatic carbocycles. The minimum absolute atomic E-state index is 0.251. The third-order valence-electron chi connectivity index (χ3n) is 3.46. The number of fused-ring (bicyclic) bond motifs is 1. The van der Waals surface area contributed by atoms with E-state index in [1.54, 1.807) is 31.2 Å².